The average Bonchev–Trinajstić information content (AvgIpc) is 2.04. The normalized spacial score (nSPS) is 22.9. The van der Waals surface area contributed by atoms with Crippen molar-refractivity contribution in [2.45, 2.75) is 25.3 Å². The molecule has 6 heteroatoms. The molecule has 0 spiro atoms. The van der Waals surface area contributed by atoms with E-state index in [1.807, 2.05) is 6.92 Å². The van der Waals surface area contributed by atoms with Gasteiger partial charge in [0, 0.05) is 18.8 Å². The first kappa shape index (κ1) is 11.4. The molecule has 1 heterocycles. The summed E-state index contributed by atoms with van der Waals surface area (Å²) in [6, 6.07) is 0. The molecule has 0 aromatic rings. The monoisotopic (exact) mass is 271 g/mol. The Kier molecular flexibility index (Phi) is 3.73. The molecule has 4 nitrogen and oxygen atoms in total. The first-order valence-corrected chi connectivity index (χ1v) is 6.90. The molecule has 0 aliphatic carbocycles. The molecule has 13 heavy (non-hydrogen) atoms. The second kappa shape index (κ2) is 4.25. The van der Waals surface area contributed by atoms with Crippen molar-refractivity contribution in [1.29, 1.82) is 0 Å². The SMILES string of the molecule is CC1(NS(=O)(=O)CBr)CCOCC1. The molecule has 0 saturated carbocycles. The van der Waals surface area contributed by atoms with Gasteiger partial charge in [-0.25, -0.2) is 13.1 Å². The van der Waals surface area contributed by atoms with Crippen molar-refractivity contribution in [2.75, 3.05) is 17.9 Å². The molecular weight excluding hydrogens is 258 g/mol. The highest BCUT2D eigenvalue weighted by Gasteiger charge is 2.31. The van der Waals surface area contributed by atoms with Crippen LogP contribution < -0.4 is 4.72 Å². The largest absolute Gasteiger partial charge is 0.381 e. The lowest BCUT2D eigenvalue weighted by Gasteiger charge is -2.33. The molecule has 0 radical (unpaired) electrons. The van der Waals surface area contributed by atoms with Gasteiger partial charge in [-0.1, -0.05) is 15.9 Å². The zero-order valence-corrected chi connectivity index (χ0v) is 9.95. The first-order chi connectivity index (χ1) is 5.97. The van der Waals surface area contributed by atoms with Crippen LogP contribution in [-0.2, 0) is 14.8 Å². The third-order valence-corrected chi connectivity index (χ3v) is 5.04. The van der Waals surface area contributed by atoms with Crippen LogP contribution in [0.4, 0.5) is 0 Å². The molecule has 1 fully saturated rings. The Morgan fingerprint density at radius 2 is 2.00 bits per heavy atom. The lowest BCUT2D eigenvalue weighted by molar-refractivity contribution is 0.0538. The van der Waals surface area contributed by atoms with Crippen LogP contribution in [0.15, 0.2) is 0 Å². The molecule has 78 valence electrons. The van der Waals surface area contributed by atoms with Gasteiger partial charge in [-0.3, -0.25) is 0 Å². The van der Waals surface area contributed by atoms with Crippen molar-refractivity contribution >= 4 is 26.0 Å². The molecule has 1 rings (SSSR count). The van der Waals surface area contributed by atoms with Gasteiger partial charge in [0.05, 0.1) is 0 Å². The van der Waals surface area contributed by atoms with Gasteiger partial charge < -0.3 is 4.74 Å². The number of ether oxygens (including phenoxy) is 1. The van der Waals surface area contributed by atoms with Gasteiger partial charge in [0.1, 0.15) is 4.66 Å². The fourth-order valence-corrected chi connectivity index (χ4v) is 2.68. The van der Waals surface area contributed by atoms with Crippen LogP contribution in [0.2, 0.25) is 0 Å². The predicted octanol–water partition coefficient (Wildman–Crippen LogP) is 0.827. The maximum atomic E-state index is 11.3. The van der Waals surface area contributed by atoms with Crippen molar-refractivity contribution in [3.05, 3.63) is 0 Å². The number of halogens is 1. The number of alkyl halides is 1. The Bertz CT molecular complexity index is 259. The summed E-state index contributed by atoms with van der Waals surface area (Å²) < 4.78 is 30.3. The van der Waals surface area contributed by atoms with Gasteiger partial charge in [0.2, 0.25) is 10.0 Å². The fraction of sp³-hybridized carbons (Fsp3) is 1.00. The van der Waals surface area contributed by atoms with Gasteiger partial charge in [-0.05, 0) is 19.8 Å². The maximum absolute atomic E-state index is 11.3. The Labute approximate surface area is 87.2 Å². The predicted molar refractivity (Wildman–Crippen MR) is 54.3 cm³/mol. The van der Waals surface area contributed by atoms with Crippen LogP contribution in [0.5, 0.6) is 0 Å². The minimum atomic E-state index is -3.17. The molecule has 0 unspecified atom stereocenters. The Morgan fingerprint density at radius 1 is 1.46 bits per heavy atom. The van der Waals surface area contributed by atoms with Crippen LogP contribution in [0.1, 0.15) is 19.8 Å². The molecular formula is C7H14BrNO3S. The average molecular weight is 272 g/mol. The van der Waals surface area contributed by atoms with Crippen LogP contribution in [0.25, 0.3) is 0 Å². The minimum Gasteiger partial charge on any atom is -0.381 e. The molecule has 0 aromatic carbocycles. The molecule has 0 aromatic heterocycles. The van der Waals surface area contributed by atoms with Crippen molar-refractivity contribution in [1.82, 2.24) is 4.72 Å². The lowest BCUT2D eigenvalue weighted by atomic mass is 9.94. The number of nitrogens with one attached hydrogen (secondary N) is 1. The Morgan fingerprint density at radius 3 is 2.46 bits per heavy atom. The van der Waals surface area contributed by atoms with Crippen LogP contribution in [0.3, 0.4) is 0 Å². The quantitative estimate of drug-likeness (QED) is 0.774. The van der Waals surface area contributed by atoms with Crippen LogP contribution >= 0.6 is 15.9 Å². The van der Waals surface area contributed by atoms with Crippen molar-refractivity contribution in [3.8, 4) is 0 Å². The van der Waals surface area contributed by atoms with Gasteiger partial charge in [0.25, 0.3) is 0 Å². The molecule has 0 amide bonds. The second-order valence-corrected chi connectivity index (χ2v) is 6.52. The molecule has 1 aliphatic heterocycles. The maximum Gasteiger partial charge on any atom is 0.222 e. The van der Waals surface area contributed by atoms with Crippen LogP contribution in [0, 0.1) is 0 Å². The zero-order chi connectivity index (χ0) is 9.95. The number of rotatable bonds is 3. The minimum absolute atomic E-state index is 0.0452. The zero-order valence-electron chi connectivity index (χ0n) is 7.55. The van der Waals surface area contributed by atoms with E-state index in [1.165, 1.54) is 0 Å². The molecule has 0 bridgehead atoms. The topological polar surface area (TPSA) is 55.4 Å². The van der Waals surface area contributed by atoms with E-state index in [9.17, 15) is 8.42 Å². The highest BCUT2D eigenvalue weighted by atomic mass is 79.9. The summed E-state index contributed by atoms with van der Waals surface area (Å²) in [5, 5.41) is 0. The second-order valence-electron chi connectivity index (χ2n) is 3.50. The molecule has 0 atom stereocenters. The number of sulfonamides is 1. The number of hydrogen-bond acceptors (Lipinski definition) is 3. The van der Waals surface area contributed by atoms with E-state index in [2.05, 4.69) is 20.7 Å². The molecule has 1 N–H and O–H groups in total. The third kappa shape index (κ3) is 3.53. The van der Waals surface area contributed by atoms with E-state index in [0.717, 1.165) is 12.8 Å². The molecule has 1 aliphatic rings. The summed E-state index contributed by atoms with van der Waals surface area (Å²) in [6.07, 6.45) is 1.47. The highest BCUT2D eigenvalue weighted by Crippen LogP contribution is 2.20. The van der Waals surface area contributed by atoms with Gasteiger partial charge in [-0.15, -0.1) is 0 Å². The van der Waals surface area contributed by atoms with E-state index in [-0.39, 0.29) is 10.2 Å². The Balaban J connectivity index is 2.60. The summed E-state index contributed by atoms with van der Waals surface area (Å²) in [5.41, 5.74) is -0.329. The highest BCUT2D eigenvalue weighted by molar-refractivity contribution is 9.10. The van der Waals surface area contributed by atoms with Gasteiger partial charge >= 0.3 is 0 Å². The van der Waals surface area contributed by atoms with Crippen molar-refractivity contribution in [3.63, 3.8) is 0 Å². The summed E-state index contributed by atoms with van der Waals surface area (Å²) in [6.45, 7) is 3.17. The van der Waals surface area contributed by atoms with E-state index in [1.54, 1.807) is 0 Å². The van der Waals surface area contributed by atoms with E-state index in [0.29, 0.717) is 13.2 Å². The first-order valence-electron chi connectivity index (χ1n) is 4.13. The lowest BCUT2D eigenvalue weighted by Crippen LogP contribution is -2.49. The summed E-state index contributed by atoms with van der Waals surface area (Å²) >= 11 is 2.94. The van der Waals surface area contributed by atoms with Gasteiger partial charge in [0.15, 0.2) is 0 Å². The van der Waals surface area contributed by atoms with Gasteiger partial charge in [-0.2, -0.15) is 0 Å². The summed E-state index contributed by atoms with van der Waals surface area (Å²) in [7, 11) is -3.17. The fourth-order valence-electron chi connectivity index (χ4n) is 1.33. The third-order valence-electron chi connectivity index (χ3n) is 2.14. The summed E-state index contributed by atoms with van der Waals surface area (Å²) in [4.78, 5) is 0. The Hall–Kier alpha value is 0.350. The smallest absolute Gasteiger partial charge is 0.222 e. The standard InChI is InChI=1S/C7H14BrNO3S/c1-7(2-4-12-5-3-7)9-13(10,11)6-8/h9H,2-6H2,1H3. The van der Waals surface area contributed by atoms with E-state index >= 15 is 0 Å². The molecule has 1 saturated heterocycles. The van der Waals surface area contributed by atoms with Crippen molar-refractivity contribution < 1.29 is 13.2 Å². The van der Waals surface area contributed by atoms with Crippen LogP contribution in [-0.4, -0.2) is 31.8 Å². The summed E-state index contributed by atoms with van der Waals surface area (Å²) in [5.74, 6) is 0. The number of hydrogen-bond donors (Lipinski definition) is 1. The van der Waals surface area contributed by atoms with Crippen molar-refractivity contribution in [2.24, 2.45) is 0 Å². The van der Waals surface area contributed by atoms with E-state index < -0.39 is 10.0 Å². The van der Waals surface area contributed by atoms with E-state index in [4.69, 9.17) is 4.74 Å².